The Hall–Kier alpha value is -1.51. The smallest absolute Gasteiger partial charge is 0.338 e. The zero-order valence-corrected chi connectivity index (χ0v) is 13.9. The van der Waals surface area contributed by atoms with Gasteiger partial charge in [0.2, 0.25) is 9.47 Å². The fourth-order valence-electron chi connectivity index (χ4n) is 1.43. The fourth-order valence-corrected chi connectivity index (χ4v) is 2.63. The summed E-state index contributed by atoms with van der Waals surface area (Å²) >= 11 is 9.90. The minimum absolute atomic E-state index is 0.154. The van der Waals surface area contributed by atoms with Crippen LogP contribution in [0.5, 0.6) is 0 Å². The lowest BCUT2D eigenvalue weighted by Gasteiger charge is -2.07. The van der Waals surface area contributed by atoms with Crippen LogP contribution in [0.4, 0.5) is 5.69 Å². The number of benzene rings is 1. The van der Waals surface area contributed by atoms with Crippen LogP contribution in [0.2, 0.25) is 4.47 Å². The zero-order valence-electron chi connectivity index (χ0n) is 10.7. The normalized spacial score (nSPS) is 10.2. The van der Waals surface area contributed by atoms with Crippen LogP contribution in [0, 0.1) is 0 Å². The topological polar surface area (TPSA) is 81.2 Å². The van der Waals surface area contributed by atoms with Gasteiger partial charge in [0, 0.05) is 4.47 Å². The molecule has 0 radical (unpaired) electrons. The second kappa shape index (κ2) is 6.97. The average Bonchev–Trinajstić information content (AvgIpc) is 2.88. The number of nitrogens with one attached hydrogen (secondary N) is 1. The Morgan fingerprint density at radius 2 is 2.19 bits per heavy atom. The number of esters is 1. The second-order valence-corrected chi connectivity index (χ2v) is 6.14. The highest BCUT2D eigenvalue weighted by molar-refractivity contribution is 9.10. The molecule has 1 amide bonds. The fraction of sp³-hybridized carbons (Fsp3) is 0.167. The van der Waals surface area contributed by atoms with Crippen LogP contribution in [0.25, 0.3) is 0 Å². The zero-order chi connectivity index (χ0) is 15.4. The van der Waals surface area contributed by atoms with Gasteiger partial charge in [0.1, 0.15) is 0 Å². The third-order valence-electron chi connectivity index (χ3n) is 2.32. The van der Waals surface area contributed by atoms with Gasteiger partial charge >= 0.3 is 5.97 Å². The van der Waals surface area contributed by atoms with Gasteiger partial charge in [0.15, 0.2) is 0 Å². The summed E-state index contributed by atoms with van der Waals surface area (Å²) in [6.45, 7) is 2.03. The van der Waals surface area contributed by atoms with E-state index in [1.54, 1.807) is 25.1 Å². The predicted octanol–water partition coefficient (Wildman–Crippen LogP) is 3.38. The maximum absolute atomic E-state index is 11.9. The Labute approximate surface area is 137 Å². The molecule has 0 saturated carbocycles. The van der Waals surface area contributed by atoms with E-state index in [4.69, 9.17) is 16.3 Å². The molecule has 0 aliphatic rings. The van der Waals surface area contributed by atoms with Crippen molar-refractivity contribution in [2.75, 3.05) is 11.9 Å². The Bertz CT molecular complexity index is 692. The van der Waals surface area contributed by atoms with E-state index in [-0.39, 0.29) is 9.47 Å². The summed E-state index contributed by atoms with van der Waals surface area (Å²) in [6, 6.07) is 4.73. The monoisotopic (exact) mass is 389 g/mol. The van der Waals surface area contributed by atoms with Gasteiger partial charge in [0.25, 0.3) is 5.91 Å². The molecule has 6 nitrogen and oxygen atoms in total. The standard InChI is InChI=1S/C12H9BrClN3O3S/c1-2-20-11(19)6-3-4-8(7(13)5-6)15-9(18)10-16-17-12(14)21-10/h3-5H,2H2,1H3,(H,15,18). The first-order valence-corrected chi connectivity index (χ1v) is 7.77. The number of halogens is 2. The molecule has 0 fully saturated rings. The lowest BCUT2D eigenvalue weighted by Crippen LogP contribution is -2.12. The molecule has 0 unspecified atom stereocenters. The Kier molecular flexibility index (Phi) is 5.27. The first-order valence-electron chi connectivity index (χ1n) is 5.78. The second-order valence-electron chi connectivity index (χ2n) is 3.73. The predicted molar refractivity (Wildman–Crippen MR) is 83.0 cm³/mol. The van der Waals surface area contributed by atoms with Gasteiger partial charge < -0.3 is 10.1 Å². The van der Waals surface area contributed by atoms with Crippen molar-refractivity contribution in [3.8, 4) is 0 Å². The van der Waals surface area contributed by atoms with Gasteiger partial charge in [-0.05, 0) is 52.7 Å². The van der Waals surface area contributed by atoms with Crippen LogP contribution in [-0.2, 0) is 4.74 Å². The molecule has 0 bridgehead atoms. The van der Waals surface area contributed by atoms with Gasteiger partial charge in [-0.2, -0.15) is 0 Å². The van der Waals surface area contributed by atoms with Crippen molar-refractivity contribution in [2.45, 2.75) is 6.92 Å². The Morgan fingerprint density at radius 3 is 2.76 bits per heavy atom. The summed E-state index contributed by atoms with van der Waals surface area (Å²) in [6.07, 6.45) is 0. The molecule has 0 aliphatic heterocycles. The highest BCUT2D eigenvalue weighted by Crippen LogP contribution is 2.25. The van der Waals surface area contributed by atoms with E-state index < -0.39 is 11.9 Å². The number of hydrogen-bond acceptors (Lipinski definition) is 6. The third kappa shape index (κ3) is 3.99. The summed E-state index contributed by atoms with van der Waals surface area (Å²) in [7, 11) is 0. The van der Waals surface area contributed by atoms with Crippen LogP contribution in [-0.4, -0.2) is 28.7 Å². The SMILES string of the molecule is CCOC(=O)c1ccc(NC(=O)c2nnc(Cl)s2)c(Br)c1. The average molecular weight is 391 g/mol. The lowest BCUT2D eigenvalue weighted by atomic mass is 10.2. The van der Waals surface area contributed by atoms with Crippen LogP contribution in [0.1, 0.15) is 27.1 Å². The number of nitrogens with zero attached hydrogens (tertiary/aromatic N) is 2. The van der Waals surface area contributed by atoms with Crippen molar-refractivity contribution >= 4 is 56.4 Å². The molecule has 110 valence electrons. The molecule has 0 atom stereocenters. The van der Waals surface area contributed by atoms with E-state index >= 15 is 0 Å². The number of ether oxygens (including phenoxy) is 1. The maximum Gasteiger partial charge on any atom is 0.338 e. The van der Waals surface area contributed by atoms with Gasteiger partial charge in [-0.25, -0.2) is 4.79 Å². The van der Waals surface area contributed by atoms with E-state index in [1.807, 2.05) is 0 Å². The minimum atomic E-state index is -0.427. The van der Waals surface area contributed by atoms with E-state index in [0.717, 1.165) is 11.3 Å². The molecule has 2 rings (SSSR count). The molecule has 0 saturated heterocycles. The van der Waals surface area contributed by atoms with Gasteiger partial charge in [0.05, 0.1) is 17.9 Å². The van der Waals surface area contributed by atoms with Gasteiger partial charge in [-0.15, -0.1) is 10.2 Å². The van der Waals surface area contributed by atoms with Gasteiger partial charge in [-0.3, -0.25) is 4.79 Å². The lowest BCUT2D eigenvalue weighted by molar-refractivity contribution is 0.0526. The van der Waals surface area contributed by atoms with Crippen molar-refractivity contribution in [1.29, 1.82) is 0 Å². The van der Waals surface area contributed by atoms with Crippen molar-refractivity contribution < 1.29 is 14.3 Å². The van der Waals surface area contributed by atoms with E-state index in [1.165, 1.54) is 0 Å². The first kappa shape index (κ1) is 15.9. The number of hydrogen-bond donors (Lipinski definition) is 1. The number of aromatic nitrogens is 2. The molecule has 1 aromatic heterocycles. The van der Waals surface area contributed by atoms with Crippen LogP contribution in [0.3, 0.4) is 0 Å². The Morgan fingerprint density at radius 1 is 1.43 bits per heavy atom. The highest BCUT2D eigenvalue weighted by Gasteiger charge is 2.15. The molecular weight excluding hydrogens is 382 g/mol. The van der Waals surface area contributed by atoms with Crippen molar-refractivity contribution in [3.63, 3.8) is 0 Å². The quantitative estimate of drug-likeness (QED) is 0.809. The molecule has 2 aromatic rings. The van der Waals surface area contributed by atoms with Crippen molar-refractivity contribution in [3.05, 3.63) is 37.7 Å². The van der Waals surface area contributed by atoms with Crippen molar-refractivity contribution in [2.24, 2.45) is 0 Å². The molecule has 1 N–H and O–H groups in total. The van der Waals surface area contributed by atoms with Crippen LogP contribution in [0.15, 0.2) is 22.7 Å². The number of amides is 1. The Balaban J connectivity index is 2.14. The molecular formula is C12H9BrClN3O3S. The largest absolute Gasteiger partial charge is 0.462 e. The van der Waals surface area contributed by atoms with Gasteiger partial charge in [-0.1, -0.05) is 11.3 Å². The van der Waals surface area contributed by atoms with Crippen LogP contribution >= 0.6 is 38.9 Å². The highest BCUT2D eigenvalue weighted by atomic mass is 79.9. The molecule has 1 aromatic carbocycles. The van der Waals surface area contributed by atoms with E-state index in [2.05, 4.69) is 31.4 Å². The summed E-state index contributed by atoms with van der Waals surface area (Å²) in [5.41, 5.74) is 0.889. The minimum Gasteiger partial charge on any atom is -0.462 e. The summed E-state index contributed by atoms with van der Waals surface area (Å²) < 4.78 is 5.64. The number of anilines is 1. The summed E-state index contributed by atoms with van der Waals surface area (Å²) in [5.74, 6) is -0.851. The number of carbonyl (C=O) groups excluding carboxylic acids is 2. The van der Waals surface area contributed by atoms with E-state index in [0.29, 0.717) is 22.3 Å². The maximum atomic E-state index is 11.9. The van der Waals surface area contributed by atoms with Crippen LogP contribution < -0.4 is 5.32 Å². The molecule has 9 heteroatoms. The molecule has 1 heterocycles. The summed E-state index contributed by atoms with van der Waals surface area (Å²) in [4.78, 5) is 23.5. The first-order chi connectivity index (χ1) is 10.0. The molecule has 0 aliphatic carbocycles. The number of carbonyl (C=O) groups is 2. The molecule has 0 spiro atoms. The van der Waals surface area contributed by atoms with E-state index in [9.17, 15) is 9.59 Å². The number of rotatable bonds is 4. The molecule has 21 heavy (non-hydrogen) atoms. The third-order valence-corrected chi connectivity index (χ3v) is 4.00. The van der Waals surface area contributed by atoms with Crippen molar-refractivity contribution in [1.82, 2.24) is 10.2 Å². The summed E-state index contributed by atoms with van der Waals surface area (Å²) in [5, 5.41) is 10.0.